The van der Waals surface area contributed by atoms with Crippen LogP contribution in [0.25, 0.3) is 0 Å². The van der Waals surface area contributed by atoms with Gasteiger partial charge in [0.15, 0.2) is 6.61 Å². The van der Waals surface area contributed by atoms with Gasteiger partial charge >= 0.3 is 6.03 Å². The minimum atomic E-state index is -1.19. The largest absolute Gasteiger partial charge is 0.483 e. The van der Waals surface area contributed by atoms with E-state index < -0.39 is 23.4 Å². The molecule has 0 aromatic heterocycles. The highest BCUT2D eigenvalue weighted by atomic mass is 16.5. The van der Waals surface area contributed by atoms with E-state index in [0.29, 0.717) is 17.7 Å². The smallest absolute Gasteiger partial charge is 0.344 e. The van der Waals surface area contributed by atoms with E-state index in [1.165, 1.54) is 0 Å². The van der Waals surface area contributed by atoms with Gasteiger partial charge in [0.2, 0.25) is 0 Å². The summed E-state index contributed by atoms with van der Waals surface area (Å²) >= 11 is 0. The Morgan fingerprint density at radius 1 is 1.11 bits per heavy atom. The van der Waals surface area contributed by atoms with E-state index in [4.69, 9.17) is 4.74 Å². The maximum Gasteiger partial charge on any atom is 0.344 e. The van der Waals surface area contributed by atoms with Crippen molar-refractivity contribution in [1.29, 1.82) is 0 Å². The maximum atomic E-state index is 12.9. The predicted octanol–water partition coefficient (Wildman–Crippen LogP) is 2.26. The minimum Gasteiger partial charge on any atom is -0.483 e. The van der Waals surface area contributed by atoms with Gasteiger partial charge < -0.3 is 10.1 Å². The Morgan fingerprint density at radius 3 is 2.44 bits per heavy atom. The van der Waals surface area contributed by atoms with Crippen LogP contribution in [0.15, 0.2) is 54.6 Å². The molecular weight excluding hydrogens is 346 g/mol. The molecule has 1 aliphatic heterocycles. The molecule has 0 spiro atoms. The Morgan fingerprint density at radius 2 is 1.78 bits per heavy atom. The van der Waals surface area contributed by atoms with Crippen LogP contribution in [0, 0.1) is 6.92 Å². The molecule has 1 heterocycles. The van der Waals surface area contributed by atoms with Crippen LogP contribution in [0.3, 0.4) is 0 Å². The molecular formula is C20H21N3O4. The van der Waals surface area contributed by atoms with E-state index in [2.05, 4.69) is 10.7 Å². The number of hydrogen-bond donors (Lipinski definition) is 2. The van der Waals surface area contributed by atoms with Crippen LogP contribution in [-0.4, -0.2) is 29.5 Å². The summed E-state index contributed by atoms with van der Waals surface area (Å²) in [4.78, 5) is 37.5. The van der Waals surface area contributed by atoms with E-state index in [1.807, 2.05) is 25.1 Å². The standard InChI is InChI=1S/C20H21N3O4/c1-3-20(15-10-5-4-6-11-15)18(25)23(19(26)21-20)22-17(24)13-27-16-12-8-7-9-14(16)2/h4-12H,3,13H2,1-2H3,(H,21,26)(H,22,24)/t20-/m1/s1. The zero-order chi connectivity index (χ0) is 19.4. The lowest BCUT2D eigenvalue weighted by Crippen LogP contribution is -2.49. The average Bonchev–Trinajstić information content (AvgIpc) is 2.93. The topological polar surface area (TPSA) is 87.7 Å². The van der Waals surface area contributed by atoms with Gasteiger partial charge in [-0.1, -0.05) is 55.5 Å². The second-order valence-corrected chi connectivity index (χ2v) is 6.28. The Hall–Kier alpha value is -3.35. The van der Waals surface area contributed by atoms with E-state index in [9.17, 15) is 14.4 Å². The number of aryl methyl sites for hydroxylation is 1. The molecule has 2 N–H and O–H groups in total. The zero-order valence-electron chi connectivity index (χ0n) is 15.2. The quantitative estimate of drug-likeness (QED) is 0.767. The molecule has 2 aromatic rings. The normalized spacial score (nSPS) is 19.0. The molecule has 4 amide bonds. The number of rotatable bonds is 6. The third-order valence-electron chi connectivity index (χ3n) is 4.58. The first-order chi connectivity index (χ1) is 13.0. The lowest BCUT2D eigenvalue weighted by Gasteiger charge is -2.25. The van der Waals surface area contributed by atoms with Crippen molar-refractivity contribution >= 4 is 17.8 Å². The number of hydrazine groups is 1. The van der Waals surface area contributed by atoms with E-state index in [0.717, 1.165) is 10.6 Å². The summed E-state index contributed by atoms with van der Waals surface area (Å²) in [7, 11) is 0. The predicted molar refractivity (Wildman–Crippen MR) is 98.6 cm³/mol. The van der Waals surface area contributed by atoms with Crippen molar-refractivity contribution < 1.29 is 19.1 Å². The van der Waals surface area contributed by atoms with Crippen LogP contribution < -0.4 is 15.5 Å². The van der Waals surface area contributed by atoms with E-state index in [1.54, 1.807) is 43.3 Å². The molecule has 0 saturated carbocycles. The van der Waals surface area contributed by atoms with Gasteiger partial charge in [-0.15, -0.1) is 0 Å². The van der Waals surface area contributed by atoms with Gasteiger partial charge in [0, 0.05) is 0 Å². The molecule has 0 radical (unpaired) electrons. The summed E-state index contributed by atoms with van der Waals surface area (Å²) in [5.74, 6) is -0.552. The van der Waals surface area contributed by atoms with Gasteiger partial charge in [-0.05, 0) is 30.5 Å². The number of para-hydroxylation sites is 1. The highest BCUT2D eigenvalue weighted by Crippen LogP contribution is 2.31. The lowest BCUT2D eigenvalue weighted by molar-refractivity contribution is -0.140. The Balaban J connectivity index is 1.70. The van der Waals surface area contributed by atoms with Crippen LogP contribution in [0.2, 0.25) is 0 Å². The summed E-state index contributed by atoms with van der Waals surface area (Å²) in [5, 5.41) is 3.43. The van der Waals surface area contributed by atoms with Crippen molar-refractivity contribution in [2.75, 3.05) is 6.61 Å². The lowest BCUT2D eigenvalue weighted by atomic mass is 9.87. The number of amides is 4. The summed E-state index contributed by atoms with van der Waals surface area (Å²) in [5.41, 5.74) is 2.69. The number of imide groups is 1. The number of urea groups is 1. The Kier molecular flexibility index (Phi) is 5.12. The van der Waals surface area contributed by atoms with Gasteiger partial charge in [0.05, 0.1) is 0 Å². The second-order valence-electron chi connectivity index (χ2n) is 6.28. The van der Waals surface area contributed by atoms with Crippen molar-refractivity contribution in [3.8, 4) is 5.75 Å². The van der Waals surface area contributed by atoms with Crippen molar-refractivity contribution in [3.05, 3.63) is 65.7 Å². The molecule has 2 aromatic carbocycles. The summed E-state index contributed by atoms with van der Waals surface area (Å²) in [6.45, 7) is 3.35. The molecule has 3 rings (SSSR count). The van der Waals surface area contributed by atoms with Crippen molar-refractivity contribution in [2.24, 2.45) is 0 Å². The molecule has 140 valence electrons. The summed E-state index contributed by atoms with van der Waals surface area (Å²) < 4.78 is 5.46. The van der Waals surface area contributed by atoms with Gasteiger partial charge in [-0.3, -0.25) is 15.0 Å². The fraction of sp³-hybridized carbons (Fsp3) is 0.250. The molecule has 1 atom stereocenters. The number of ether oxygens (including phenoxy) is 1. The van der Waals surface area contributed by atoms with E-state index >= 15 is 0 Å². The third-order valence-corrected chi connectivity index (χ3v) is 4.58. The van der Waals surface area contributed by atoms with Crippen molar-refractivity contribution in [3.63, 3.8) is 0 Å². The molecule has 0 aliphatic carbocycles. The molecule has 0 unspecified atom stereocenters. The number of carbonyl (C=O) groups is 3. The molecule has 1 saturated heterocycles. The highest BCUT2D eigenvalue weighted by molar-refractivity contribution is 6.08. The first-order valence-corrected chi connectivity index (χ1v) is 8.68. The SMILES string of the molecule is CC[C@]1(c2ccccc2)NC(=O)N(NC(=O)COc2ccccc2C)C1=O. The first kappa shape index (κ1) is 18.4. The van der Waals surface area contributed by atoms with Crippen LogP contribution in [0.4, 0.5) is 4.79 Å². The number of nitrogens with zero attached hydrogens (tertiary/aromatic N) is 1. The van der Waals surface area contributed by atoms with Crippen molar-refractivity contribution in [1.82, 2.24) is 15.8 Å². The summed E-state index contributed by atoms with van der Waals surface area (Å²) in [6.07, 6.45) is 0.355. The minimum absolute atomic E-state index is 0.313. The number of benzene rings is 2. The Labute approximate surface area is 157 Å². The maximum absolute atomic E-state index is 12.9. The summed E-state index contributed by atoms with van der Waals surface area (Å²) in [6, 6.07) is 15.6. The van der Waals surface area contributed by atoms with Gasteiger partial charge in [0.25, 0.3) is 11.8 Å². The molecule has 1 fully saturated rings. The van der Waals surface area contributed by atoms with Gasteiger partial charge in [-0.25, -0.2) is 4.79 Å². The first-order valence-electron chi connectivity index (χ1n) is 8.68. The monoisotopic (exact) mass is 367 g/mol. The molecule has 0 bridgehead atoms. The third kappa shape index (κ3) is 3.48. The number of carbonyl (C=O) groups excluding carboxylic acids is 3. The zero-order valence-corrected chi connectivity index (χ0v) is 15.2. The van der Waals surface area contributed by atoms with Crippen LogP contribution in [0.1, 0.15) is 24.5 Å². The highest BCUT2D eigenvalue weighted by Gasteiger charge is 2.52. The fourth-order valence-electron chi connectivity index (χ4n) is 3.06. The van der Waals surface area contributed by atoms with Crippen molar-refractivity contribution in [2.45, 2.75) is 25.8 Å². The number of hydrogen-bond acceptors (Lipinski definition) is 4. The van der Waals surface area contributed by atoms with Crippen LogP contribution in [-0.2, 0) is 15.1 Å². The fourth-order valence-corrected chi connectivity index (χ4v) is 3.06. The molecule has 1 aliphatic rings. The van der Waals surface area contributed by atoms with Crippen LogP contribution in [0.5, 0.6) is 5.75 Å². The molecule has 27 heavy (non-hydrogen) atoms. The molecule has 7 heteroatoms. The van der Waals surface area contributed by atoms with Gasteiger partial charge in [0.1, 0.15) is 11.3 Å². The molecule has 7 nitrogen and oxygen atoms in total. The average molecular weight is 367 g/mol. The van der Waals surface area contributed by atoms with Gasteiger partial charge in [-0.2, -0.15) is 5.01 Å². The second kappa shape index (κ2) is 7.49. The van der Waals surface area contributed by atoms with E-state index in [-0.39, 0.29) is 6.61 Å². The Bertz CT molecular complexity index is 869. The van der Waals surface area contributed by atoms with Crippen LogP contribution >= 0.6 is 0 Å². The number of nitrogens with one attached hydrogen (secondary N) is 2.